The summed E-state index contributed by atoms with van der Waals surface area (Å²) in [5, 5.41) is 3.57. The monoisotopic (exact) mass is 295 g/mol. The summed E-state index contributed by atoms with van der Waals surface area (Å²) in [5.41, 5.74) is 1.04. The lowest BCUT2D eigenvalue weighted by atomic mass is 10.0. The van der Waals surface area contributed by atoms with Crippen molar-refractivity contribution < 1.29 is 4.79 Å². The summed E-state index contributed by atoms with van der Waals surface area (Å²) in [7, 11) is 0. The molecule has 0 bridgehead atoms. The average Bonchev–Trinajstić information content (AvgIpc) is 2.44. The summed E-state index contributed by atoms with van der Waals surface area (Å²) in [5.74, 6) is 0.213. The van der Waals surface area contributed by atoms with Gasteiger partial charge >= 0.3 is 0 Å². The molecule has 122 valence electrons. The van der Waals surface area contributed by atoms with E-state index in [2.05, 4.69) is 30.6 Å². The van der Waals surface area contributed by atoms with E-state index in [1.807, 2.05) is 18.7 Å². The molecule has 1 fully saturated rings. The van der Waals surface area contributed by atoms with Crippen LogP contribution in [0.25, 0.3) is 0 Å². The molecule has 21 heavy (non-hydrogen) atoms. The number of rotatable bonds is 8. The largest absolute Gasteiger partial charge is 0.338 e. The molecule has 1 aliphatic heterocycles. The zero-order valence-corrected chi connectivity index (χ0v) is 14.3. The predicted octanol–water partition coefficient (Wildman–Crippen LogP) is 2.26. The Morgan fingerprint density at radius 2 is 2.05 bits per heavy atom. The zero-order chi connectivity index (χ0) is 15.8. The number of nitrogens with one attached hydrogen (secondary N) is 1. The summed E-state index contributed by atoms with van der Waals surface area (Å²) < 4.78 is 0. The lowest BCUT2D eigenvalue weighted by Gasteiger charge is -2.34. The van der Waals surface area contributed by atoms with Crippen molar-refractivity contribution in [2.24, 2.45) is 0 Å². The Morgan fingerprint density at radius 1 is 1.33 bits per heavy atom. The van der Waals surface area contributed by atoms with E-state index in [0.29, 0.717) is 25.2 Å². The maximum Gasteiger partial charge on any atom is 0.237 e. The number of amides is 1. The van der Waals surface area contributed by atoms with Gasteiger partial charge in [-0.15, -0.1) is 0 Å². The Labute approximate surface area is 130 Å². The van der Waals surface area contributed by atoms with Gasteiger partial charge in [0.05, 0.1) is 6.54 Å². The second-order valence-corrected chi connectivity index (χ2v) is 6.54. The van der Waals surface area contributed by atoms with Gasteiger partial charge in [-0.25, -0.2) is 0 Å². The topological polar surface area (TPSA) is 35.6 Å². The standard InChI is InChI=1S/C17H33N3O/c1-6-19(11-14(2)3)17(21)13-20(15(4)5)12-16-9-7-8-10-18-16/h15-16,18H,2,6-13H2,1,3-5H3. The molecule has 0 aliphatic carbocycles. The van der Waals surface area contributed by atoms with Gasteiger partial charge in [-0.05, 0) is 47.1 Å². The van der Waals surface area contributed by atoms with E-state index in [1.165, 1.54) is 19.3 Å². The van der Waals surface area contributed by atoms with E-state index in [1.54, 1.807) is 0 Å². The molecule has 0 saturated carbocycles. The number of carbonyl (C=O) groups is 1. The van der Waals surface area contributed by atoms with Gasteiger partial charge < -0.3 is 10.2 Å². The van der Waals surface area contributed by atoms with Crippen LogP contribution in [-0.2, 0) is 4.79 Å². The van der Waals surface area contributed by atoms with Gasteiger partial charge in [0.1, 0.15) is 0 Å². The Morgan fingerprint density at radius 3 is 2.52 bits per heavy atom. The molecule has 1 unspecified atom stereocenters. The number of likely N-dealkylation sites (N-methyl/N-ethyl adjacent to an activating group) is 1. The fraction of sp³-hybridized carbons (Fsp3) is 0.824. The Balaban J connectivity index is 2.55. The lowest BCUT2D eigenvalue weighted by molar-refractivity contribution is -0.132. The fourth-order valence-electron chi connectivity index (χ4n) is 2.80. The highest BCUT2D eigenvalue weighted by Crippen LogP contribution is 2.11. The van der Waals surface area contributed by atoms with Crippen molar-refractivity contribution in [1.82, 2.24) is 15.1 Å². The maximum absolute atomic E-state index is 12.5. The Hall–Kier alpha value is -0.870. The van der Waals surface area contributed by atoms with E-state index in [4.69, 9.17) is 0 Å². The molecule has 1 N–H and O–H groups in total. The number of nitrogens with zero attached hydrogens (tertiary/aromatic N) is 2. The van der Waals surface area contributed by atoms with Crippen molar-refractivity contribution in [3.8, 4) is 0 Å². The molecule has 0 aromatic carbocycles. The van der Waals surface area contributed by atoms with Crippen molar-refractivity contribution in [2.75, 3.05) is 32.7 Å². The first-order valence-corrected chi connectivity index (χ1v) is 8.33. The van der Waals surface area contributed by atoms with E-state index < -0.39 is 0 Å². The molecule has 1 amide bonds. The van der Waals surface area contributed by atoms with Crippen LogP contribution in [0.1, 0.15) is 47.0 Å². The molecule has 1 saturated heterocycles. The zero-order valence-electron chi connectivity index (χ0n) is 14.3. The molecular weight excluding hydrogens is 262 g/mol. The molecule has 1 atom stereocenters. The predicted molar refractivity (Wildman–Crippen MR) is 89.4 cm³/mol. The van der Waals surface area contributed by atoms with Crippen LogP contribution in [0.15, 0.2) is 12.2 Å². The average molecular weight is 295 g/mol. The van der Waals surface area contributed by atoms with Crippen molar-refractivity contribution in [3.63, 3.8) is 0 Å². The molecule has 1 aliphatic rings. The highest BCUT2D eigenvalue weighted by atomic mass is 16.2. The minimum absolute atomic E-state index is 0.213. The lowest BCUT2D eigenvalue weighted by Crippen LogP contribution is -2.49. The van der Waals surface area contributed by atoms with E-state index >= 15 is 0 Å². The van der Waals surface area contributed by atoms with E-state index in [9.17, 15) is 4.79 Å². The molecule has 0 aromatic rings. The normalized spacial score (nSPS) is 19.0. The SMILES string of the molecule is C=C(C)CN(CC)C(=O)CN(CC1CCCCN1)C(C)C. The second-order valence-electron chi connectivity index (χ2n) is 6.54. The molecule has 4 nitrogen and oxygen atoms in total. The van der Waals surface area contributed by atoms with Crippen LogP contribution < -0.4 is 5.32 Å². The minimum Gasteiger partial charge on any atom is -0.338 e. The third-order valence-electron chi connectivity index (χ3n) is 4.13. The molecule has 4 heteroatoms. The minimum atomic E-state index is 0.213. The van der Waals surface area contributed by atoms with Crippen molar-refractivity contribution in [1.29, 1.82) is 0 Å². The number of hydrogen-bond acceptors (Lipinski definition) is 3. The van der Waals surface area contributed by atoms with Gasteiger partial charge in [0.2, 0.25) is 5.91 Å². The molecule has 1 rings (SSSR count). The molecule has 0 radical (unpaired) electrons. The summed E-state index contributed by atoms with van der Waals surface area (Å²) in [6, 6.07) is 0.923. The first-order chi connectivity index (χ1) is 9.93. The highest BCUT2D eigenvalue weighted by molar-refractivity contribution is 5.78. The van der Waals surface area contributed by atoms with Crippen molar-refractivity contribution in [2.45, 2.75) is 59.0 Å². The number of carbonyl (C=O) groups excluding carboxylic acids is 1. The third kappa shape index (κ3) is 6.62. The first-order valence-electron chi connectivity index (χ1n) is 8.33. The van der Waals surface area contributed by atoms with Gasteiger partial charge in [-0.3, -0.25) is 9.69 Å². The number of piperidine rings is 1. The summed E-state index contributed by atoms with van der Waals surface area (Å²) in [6.45, 7) is 16.3. The van der Waals surface area contributed by atoms with Gasteiger partial charge in [-0.1, -0.05) is 18.6 Å². The number of hydrogen-bond donors (Lipinski definition) is 1. The third-order valence-corrected chi connectivity index (χ3v) is 4.13. The van der Waals surface area contributed by atoms with Crippen LogP contribution in [-0.4, -0.2) is 60.5 Å². The smallest absolute Gasteiger partial charge is 0.237 e. The summed E-state index contributed by atoms with van der Waals surface area (Å²) >= 11 is 0. The highest BCUT2D eigenvalue weighted by Gasteiger charge is 2.22. The Bertz CT molecular complexity index is 335. The molecule has 0 spiro atoms. The Kier molecular flexibility index (Phi) is 7.97. The van der Waals surface area contributed by atoms with Crippen LogP contribution in [0.4, 0.5) is 0 Å². The van der Waals surface area contributed by atoms with Crippen LogP contribution in [0.5, 0.6) is 0 Å². The molecule has 0 aromatic heterocycles. The van der Waals surface area contributed by atoms with Gasteiger partial charge in [-0.2, -0.15) is 0 Å². The quantitative estimate of drug-likeness (QED) is 0.698. The first kappa shape index (κ1) is 18.2. The molecule has 1 heterocycles. The van der Waals surface area contributed by atoms with Crippen LogP contribution in [0, 0.1) is 0 Å². The van der Waals surface area contributed by atoms with Gasteiger partial charge in [0.25, 0.3) is 0 Å². The summed E-state index contributed by atoms with van der Waals surface area (Å²) in [6.07, 6.45) is 3.80. The van der Waals surface area contributed by atoms with Crippen molar-refractivity contribution >= 4 is 5.91 Å². The van der Waals surface area contributed by atoms with Crippen LogP contribution >= 0.6 is 0 Å². The van der Waals surface area contributed by atoms with Crippen LogP contribution in [0.3, 0.4) is 0 Å². The summed E-state index contributed by atoms with van der Waals surface area (Å²) in [4.78, 5) is 16.7. The van der Waals surface area contributed by atoms with Crippen molar-refractivity contribution in [3.05, 3.63) is 12.2 Å². The van der Waals surface area contributed by atoms with E-state index in [-0.39, 0.29) is 5.91 Å². The van der Waals surface area contributed by atoms with Gasteiger partial charge in [0, 0.05) is 31.7 Å². The molecular formula is C17H33N3O. The van der Waals surface area contributed by atoms with Crippen LogP contribution in [0.2, 0.25) is 0 Å². The maximum atomic E-state index is 12.5. The fourth-order valence-corrected chi connectivity index (χ4v) is 2.80. The van der Waals surface area contributed by atoms with E-state index in [0.717, 1.165) is 25.2 Å². The second kappa shape index (κ2) is 9.21. The van der Waals surface area contributed by atoms with Gasteiger partial charge in [0.15, 0.2) is 0 Å².